The number of thioether (sulfide) groups is 1. The largest absolute Gasteiger partial charge is 0.475 e. The van der Waals surface area contributed by atoms with Crippen molar-refractivity contribution in [3.05, 3.63) is 17.6 Å². The number of carboxylic acid groups (broad SMARTS) is 1. The van der Waals surface area contributed by atoms with Gasteiger partial charge in [-0.1, -0.05) is 13.8 Å². The third-order valence-corrected chi connectivity index (χ3v) is 6.25. The quantitative estimate of drug-likeness (QED) is 0.914. The van der Waals surface area contributed by atoms with Crippen molar-refractivity contribution in [2.45, 2.75) is 36.2 Å². The first-order valence-corrected chi connectivity index (χ1v) is 8.59. The Hall–Kier alpha value is -0.990. The highest BCUT2D eigenvalue weighted by Crippen LogP contribution is 2.30. The molecule has 1 N–H and O–H groups in total. The monoisotopic (exact) mass is 319 g/mol. The highest BCUT2D eigenvalue weighted by molar-refractivity contribution is 8.00. The number of sulfonamides is 1. The first kappa shape index (κ1) is 15.4. The zero-order chi connectivity index (χ0) is 15.1. The van der Waals surface area contributed by atoms with Crippen molar-refractivity contribution in [1.29, 1.82) is 0 Å². The Bertz CT molecular complexity index is 612. The van der Waals surface area contributed by atoms with Gasteiger partial charge in [-0.3, -0.25) is 0 Å². The number of carbonyl (C=O) groups is 1. The second kappa shape index (κ2) is 5.42. The lowest BCUT2D eigenvalue weighted by molar-refractivity contribution is 0.0661. The number of aryl methyl sites for hydroxylation is 1. The molecule has 0 radical (unpaired) electrons. The van der Waals surface area contributed by atoms with Gasteiger partial charge in [-0.2, -0.15) is 16.1 Å². The van der Waals surface area contributed by atoms with E-state index in [0.717, 1.165) is 6.07 Å². The molecule has 1 aliphatic heterocycles. The smallest absolute Gasteiger partial charge is 0.371 e. The number of aromatic carboxylic acids is 1. The molecule has 0 bridgehead atoms. The van der Waals surface area contributed by atoms with E-state index in [4.69, 9.17) is 9.52 Å². The lowest BCUT2D eigenvalue weighted by Gasteiger charge is -2.33. The van der Waals surface area contributed by atoms with Crippen LogP contribution in [0.3, 0.4) is 0 Å². The zero-order valence-corrected chi connectivity index (χ0v) is 13.1. The van der Waals surface area contributed by atoms with Crippen molar-refractivity contribution in [1.82, 2.24) is 4.31 Å². The lowest BCUT2D eigenvalue weighted by atomic mass is 10.4. The highest BCUT2D eigenvalue weighted by Gasteiger charge is 2.34. The van der Waals surface area contributed by atoms with Crippen molar-refractivity contribution in [2.24, 2.45) is 0 Å². The summed E-state index contributed by atoms with van der Waals surface area (Å²) >= 11 is 1.75. The summed E-state index contributed by atoms with van der Waals surface area (Å²) in [4.78, 5) is 10.8. The van der Waals surface area contributed by atoms with E-state index in [-0.39, 0.29) is 26.9 Å². The standard InChI is InChI=1S/C12H17NO5S2/c1-7-5-13(6-8(2)19-7)20(16,17)11-4-10(12(14)15)18-9(11)3/h4,7-8H,5-6H2,1-3H3,(H,14,15). The zero-order valence-electron chi connectivity index (χ0n) is 11.5. The summed E-state index contributed by atoms with van der Waals surface area (Å²) in [5, 5.41) is 9.29. The number of hydrogen-bond donors (Lipinski definition) is 1. The third-order valence-electron chi connectivity index (χ3n) is 3.09. The van der Waals surface area contributed by atoms with E-state index in [0.29, 0.717) is 13.1 Å². The number of hydrogen-bond acceptors (Lipinski definition) is 5. The molecule has 0 amide bonds. The van der Waals surface area contributed by atoms with Gasteiger partial charge < -0.3 is 9.52 Å². The molecule has 2 rings (SSSR count). The summed E-state index contributed by atoms with van der Waals surface area (Å²) in [6.07, 6.45) is 0. The lowest BCUT2D eigenvalue weighted by Crippen LogP contribution is -2.43. The average Bonchev–Trinajstić information content (AvgIpc) is 2.71. The molecule has 1 fully saturated rings. The van der Waals surface area contributed by atoms with Crippen molar-refractivity contribution in [3.63, 3.8) is 0 Å². The van der Waals surface area contributed by atoms with Gasteiger partial charge in [0.2, 0.25) is 15.8 Å². The molecule has 0 saturated carbocycles. The SMILES string of the molecule is Cc1oc(C(=O)O)cc1S(=O)(=O)N1CC(C)SC(C)C1. The van der Waals surface area contributed by atoms with Crippen LogP contribution in [0.25, 0.3) is 0 Å². The second-order valence-electron chi connectivity index (χ2n) is 4.92. The minimum absolute atomic E-state index is 0.0544. The Kier molecular flexibility index (Phi) is 4.17. The maximum Gasteiger partial charge on any atom is 0.371 e. The Balaban J connectivity index is 2.37. The Morgan fingerprint density at radius 3 is 2.40 bits per heavy atom. The second-order valence-corrected chi connectivity index (χ2v) is 8.70. The summed E-state index contributed by atoms with van der Waals surface area (Å²) in [7, 11) is -3.71. The van der Waals surface area contributed by atoms with Gasteiger partial charge in [-0.05, 0) is 6.92 Å². The van der Waals surface area contributed by atoms with Crippen LogP contribution in [0.5, 0.6) is 0 Å². The Morgan fingerprint density at radius 1 is 1.40 bits per heavy atom. The van der Waals surface area contributed by atoms with Gasteiger partial charge in [0.1, 0.15) is 10.7 Å². The summed E-state index contributed by atoms with van der Waals surface area (Å²) in [6.45, 7) is 6.26. The van der Waals surface area contributed by atoms with Crippen LogP contribution in [-0.2, 0) is 10.0 Å². The molecular weight excluding hydrogens is 302 g/mol. The van der Waals surface area contributed by atoms with Gasteiger partial charge in [0.05, 0.1) is 0 Å². The number of furan rings is 1. The summed E-state index contributed by atoms with van der Waals surface area (Å²) < 4.78 is 31.6. The predicted molar refractivity (Wildman–Crippen MR) is 75.7 cm³/mol. The van der Waals surface area contributed by atoms with E-state index in [2.05, 4.69) is 0 Å². The van der Waals surface area contributed by atoms with E-state index in [1.54, 1.807) is 11.8 Å². The predicted octanol–water partition coefficient (Wildman–Crippen LogP) is 1.80. The number of carboxylic acids is 1. The molecule has 2 unspecified atom stereocenters. The molecule has 1 aromatic heterocycles. The van der Waals surface area contributed by atoms with Crippen LogP contribution in [-0.4, -0.2) is 47.4 Å². The Morgan fingerprint density at radius 2 is 1.95 bits per heavy atom. The molecule has 2 heterocycles. The van der Waals surface area contributed by atoms with Gasteiger partial charge in [0.15, 0.2) is 0 Å². The van der Waals surface area contributed by atoms with E-state index in [1.165, 1.54) is 11.2 Å². The molecule has 1 aliphatic rings. The minimum Gasteiger partial charge on any atom is -0.475 e. The van der Waals surface area contributed by atoms with Crippen LogP contribution in [0.1, 0.15) is 30.2 Å². The van der Waals surface area contributed by atoms with Crippen molar-refractivity contribution in [2.75, 3.05) is 13.1 Å². The average molecular weight is 319 g/mol. The number of nitrogens with zero attached hydrogens (tertiary/aromatic N) is 1. The first-order valence-electron chi connectivity index (χ1n) is 6.21. The van der Waals surface area contributed by atoms with Crippen molar-refractivity contribution in [3.8, 4) is 0 Å². The highest BCUT2D eigenvalue weighted by atomic mass is 32.2. The Labute approximate surface area is 122 Å². The van der Waals surface area contributed by atoms with Crippen molar-refractivity contribution >= 4 is 27.8 Å². The molecule has 0 aliphatic carbocycles. The van der Waals surface area contributed by atoms with Crippen molar-refractivity contribution < 1.29 is 22.7 Å². The molecule has 0 spiro atoms. The van der Waals surface area contributed by atoms with E-state index in [1.807, 2.05) is 13.8 Å². The van der Waals surface area contributed by atoms with Crippen LogP contribution >= 0.6 is 11.8 Å². The third kappa shape index (κ3) is 2.87. The van der Waals surface area contributed by atoms with Crippen LogP contribution in [0.2, 0.25) is 0 Å². The van der Waals surface area contributed by atoms with Crippen LogP contribution in [0.15, 0.2) is 15.4 Å². The molecule has 0 aromatic carbocycles. The summed E-state index contributed by atoms with van der Waals surface area (Å²) in [6, 6.07) is 1.09. The topological polar surface area (TPSA) is 87.8 Å². The number of rotatable bonds is 3. The van der Waals surface area contributed by atoms with Gasteiger partial charge in [-0.25, -0.2) is 13.2 Å². The molecule has 1 aromatic rings. The van der Waals surface area contributed by atoms with Gasteiger partial charge in [0.25, 0.3) is 0 Å². The molecule has 2 atom stereocenters. The van der Waals surface area contributed by atoms with Gasteiger partial charge >= 0.3 is 5.97 Å². The molecule has 112 valence electrons. The van der Waals surface area contributed by atoms with Gasteiger partial charge in [0, 0.05) is 29.7 Å². The van der Waals surface area contributed by atoms with Crippen LogP contribution in [0, 0.1) is 6.92 Å². The summed E-state index contributed by atoms with van der Waals surface area (Å²) in [5.74, 6) is -1.51. The molecule has 20 heavy (non-hydrogen) atoms. The molecule has 8 heteroatoms. The van der Waals surface area contributed by atoms with E-state index < -0.39 is 16.0 Å². The van der Waals surface area contributed by atoms with E-state index >= 15 is 0 Å². The van der Waals surface area contributed by atoms with E-state index in [9.17, 15) is 13.2 Å². The molecule has 1 saturated heterocycles. The minimum atomic E-state index is -3.71. The maximum absolute atomic E-state index is 12.6. The summed E-state index contributed by atoms with van der Waals surface area (Å²) in [5.41, 5.74) is 0. The maximum atomic E-state index is 12.6. The molecule has 6 nitrogen and oxygen atoms in total. The first-order chi connectivity index (χ1) is 9.21. The molecular formula is C12H17NO5S2. The fraction of sp³-hybridized carbons (Fsp3) is 0.583. The van der Waals surface area contributed by atoms with Crippen LogP contribution in [0.4, 0.5) is 0 Å². The normalized spacial score (nSPS) is 24.8. The van der Waals surface area contributed by atoms with Crippen LogP contribution < -0.4 is 0 Å². The van der Waals surface area contributed by atoms with Gasteiger partial charge in [-0.15, -0.1) is 0 Å². The fourth-order valence-corrected chi connectivity index (χ4v) is 5.59. The fourth-order valence-electron chi connectivity index (χ4n) is 2.29.